The molecular formula is C17H23N3O3. The van der Waals surface area contributed by atoms with Crippen LogP contribution in [0.3, 0.4) is 0 Å². The van der Waals surface area contributed by atoms with Gasteiger partial charge in [-0.25, -0.2) is 4.98 Å². The van der Waals surface area contributed by atoms with Gasteiger partial charge in [0.05, 0.1) is 29.7 Å². The number of para-hydroxylation sites is 2. The highest BCUT2D eigenvalue weighted by Gasteiger charge is 2.29. The van der Waals surface area contributed by atoms with Crippen LogP contribution in [0.1, 0.15) is 19.8 Å². The number of fused-ring (bicyclic) bond motifs is 1. The maximum Gasteiger partial charge on any atom is 0.232 e. The number of carbonyl (C=O) groups is 1. The molecule has 1 N–H and O–H groups in total. The van der Waals surface area contributed by atoms with Gasteiger partial charge in [-0.3, -0.25) is 10.1 Å². The summed E-state index contributed by atoms with van der Waals surface area (Å²) in [5, 5.41) is 2.99. The second-order valence-electron chi connectivity index (χ2n) is 5.88. The molecule has 0 spiro atoms. The lowest BCUT2D eigenvalue weighted by Gasteiger charge is -2.27. The molecule has 1 amide bonds. The fraction of sp³-hybridized carbons (Fsp3) is 0.529. The maximum absolute atomic E-state index is 12.6. The number of nitrogens with zero attached hydrogens (tertiary/aromatic N) is 2. The van der Waals surface area contributed by atoms with E-state index in [-0.39, 0.29) is 17.9 Å². The van der Waals surface area contributed by atoms with Gasteiger partial charge in [0, 0.05) is 20.3 Å². The van der Waals surface area contributed by atoms with Gasteiger partial charge in [0.15, 0.2) is 0 Å². The largest absolute Gasteiger partial charge is 0.383 e. The zero-order valence-electron chi connectivity index (χ0n) is 13.6. The van der Waals surface area contributed by atoms with Crippen LogP contribution < -0.4 is 5.32 Å². The van der Waals surface area contributed by atoms with Crippen LogP contribution in [0.15, 0.2) is 24.3 Å². The van der Waals surface area contributed by atoms with Crippen LogP contribution in [0.5, 0.6) is 0 Å². The Labute approximate surface area is 135 Å². The molecule has 1 aliphatic heterocycles. The van der Waals surface area contributed by atoms with Crippen LogP contribution in [0, 0.1) is 5.92 Å². The SMILES string of the molecule is COCCn1c(NC(=O)[C@H]2CCCO[C@H]2C)nc2ccccc21. The highest BCUT2D eigenvalue weighted by molar-refractivity contribution is 5.93. The molecular weight excluding hydrogens is 294 g/mol. The van der Waals surface area contributed by atoms with Gasteiger partial charge >= 0.3 is 0 Å². The predicted molar refractivity (Wildman–Crippen MR) is 88.4 cm³/mol. The zero-order chi connectivity index (χ0) is 16.2. The fourth-order valence-corrected chi connectivity index (χ4v) is 3.05. The first-order chi connectivity index (χ1) is 11.2. The average molecular weight is 317 g/mol. The van der Waals surface area contributed by atoms with Crippen molar-refractivity contribution in [2.24, 2.45) is 5.92 Å². The number of aromatic nitrogens is 2. The molecule has 2 heterocycles. The van der Waals surface area contributed by atoms with E-state index < -0.39 is 0 Å². The Bertz CT molecular complexity index is 683. The first-order valence-electron chi connectivity index (χ1n) is 8.07. The minimum atomic E-state index is -0.126. The summed E-state index contributed by atoms with van der Waals surface area (Å²) >= 11 is 0. The van der Waals surface area contributed by atoms with Crippen LogP contribution in [0.4, 0.5) is 5.95 Å². The summed E-state index contributed by atoms with van der Waals surface area (Å²) < 4.78 is 12.8. The second kappa shape index (κ2) is 7.10. The van der Waals surface area contributed by atoms with Gasteiger partial charge in [-0.15, -0.1) is 0 Å². The molecule has 0 unspecified atom stereocenters. The fourth-order valence-electron chi connectivity index (χ4n) is 3.05. The van der Waals surface area contributed by atoms with Gasteiger partial charge < -0.3 is 14.0 Å². The Hall–Kier alpha value is -1.92. The van der Waals surface area contributed by atoms with Crippen molar-refractivity contribution >= 4 is 22.9 Å². The van der Waals surface area contributed by atoms with Crippen LogP contribution in [0.25, 0.3) is 11.0 Å². The number of amides is 1. The molecule has 1 aromatic carbocycles. The van der Waals surface area contributed by atoms with Crippen molar-refractivity contribution in [1.82, 2.24) is 9.55 Å². The molecule has 1 saturated heterocycles. The molecule has 0 aliphatic carbocycles. The first-order valence-corrected chi connectivity index (χ1v) is 8.07. The molecule has 1 aromatic heterocycles. The lowest BCUT2D eigenvalue weighted by Crippen LogP contribution is -2.37. The number of hydrogen-bond acceptors (Lipinski definition) is 4. The van der Waals surface area contributed by atoms with Crippen LogP contribution >= 0.6 is 0 Å². The van der Waals surface area contributed by atoms with Crippen LogP contribution in [-0.4, -0.2) is 41.9 Å². The number of ether oxygens (including phenoxy) is 2. The zero-order valence-corrected chi connectivity index (χ0v) is 13.6. The summed E-state index contributed by atoms with van der Waals surface area (Å²) in [5.74, 6) is 0.427. The molecule has 3 rings (SSSR count). The van der Waals surface area contributed by atoms with E-state index in [1.165, 1.54) is 0 Å². The molecule has 124 valence electrons. The Morgan fingerprint density at radius 2 is 2.30 bits per heavy atom. The number of nitrogens with one attached hydrogen (secondary N) is 1. The quantitative estimate of drug-likeness (QED) is 0.920. The van der Waals surface area contributed by atoms with E-state index in [4.69, 9.17) is 9.47 Å². The van der Waals surface area contributed by atoms with Gasteiger partial charge in [-0.05, 0) is 31.9 Å². The summed E-state index contributed by atoms with van der Waals surface area (Å²) in [6.07, 6.45) is 1.72. The number of imidazole rings is 1. The number of methoxy groups -OCH3 is 1. The first kappa shape index (κ1) is 16.0. The van der Waals surface area contributed by atoms with Gasteiger partial charge in [0.2, 0.25) is 11.9 Å². The van der Waals surface area contributed by atoms with E-state index in [0.717, 1.165) is 30.5 Å². The predicted octanol–water partition coefficient (Wildman–Crippen LogP) is 2.44. The van der Waals surface area contributed by atoms with Crippen molar-refractivity contribution in [2.45, 2.75) is 32.4 Å². The summed E-state index contributed by atoms with van der Waals surface area (Å²) in [6, 6.07) is 7.86. The molecule has 6 heteroatoms. The van der Waals surface area contributed by atoms with E-state index in [9.17, 15) is 4.79 Å². The third kappa shape index (κ3) is 3.38. The van der Waals surface area contributed by atoms with Crippen molar-refractivity contribution in [3.05, 3.63) is 24.3 Å². The van der Waals surface area contributed by atoms with Crippen molar-refractivity contribution in [1.29, 1.82) is 0 Å². The Morgan fingerprint density at radius 1 is 1.48 bits per heavy atom. The van der Waals surface area contributed by atoms with Gasteiger partial charge in [-0.1, -0.05) is 12.1 Å². The molecule has 23 heavy (non-hydrogen) atoms. The summed E-state index contributed by atoms with van der Waals surface area (Å²) in [4.78, 5) is 17.2. The highest BCUT2D eigenvalue weighted by Crippen LogP contribution is 2.24. The molecule has 1 aliphatic rings. The topological polar surface area (TPSA) is 65.4 Å². The van der Waals surface area contributed by atoms with Crippen LogP contribution in [0.2, 0.25) is 0 Å². The van der Waals surface area contributed by atoms with E-state index in [0.29, 0.717) is 19.1 Å². The van der Waals surface area contributed by atoms with Crippen LogP contribution in [-0.2, 0) is 20.8 Å². The third-order valence-corrected chi connectivity index (χ3v) is 4.35. The van der Waals surface area contributed by atoms with E-state index in [1.807, 2.05) is 35.8 Å². The summed E-state index contributed by atoms with van der Waals surface area (Å²) in [7, 11) is 1.67. The van der Waals surface area contributed by atoms with Crippen molar-refractivity contribution < 1.29 is 14.3 Å². The molecule has 1 fully saturated rings. The van der Waals surface area contributed by atoms with Gasteiger partial charge in [0.1, 0.15) is 0 Å². The van der Waals surface area contributed by atoms with Crippen molar-refractivity contribution in [3.8, 4) is 0 Å². The Balaban J connectivity index is 1.84. The van der Waals surface area contributed by atoms with Gasteiger partial charge in [-0.2, -0.15) is 0 Å². The smallest absolute Gasteiger partial charge is 0.232 e. The molecule has 0 bridgehead atoms. The third-order valence-electron chi connectivity index (χ3n) is 4.35. The van der Waals surface area contributed by atoms with E-state index in [2.05, 4.69) is 10.3 Å². The minimum Gasteiger partial charge on any atom is -0.383 e. The van der Waals surface area contributed by atoms with E-state index >= 15 is 0 Å². The number of carbonyl (C=O) groups excluding carboxylic acids is 1. The molecule has 0 saturated carbocycles. The number of rotatable bonds is 5. The van der Waals surface area contributed by atoms with E-state index in [1.54, 1.807) is 7.11 Å². The minimum absolute atomic E-state index is 0.0221. The summed E-state index contributed by atoms with van der Waals surface area (Å²) in [5.41, 5.74) is 1.86. The number of hydrogen-bond donors (Lipinski definition) is 1. The summed E-state index contributed by atoms with van der Waals surface area (Å²) in [6.45, 7) is 3.89. The maximum atomic E-state index is 12.6. The number of anilines is 1. The molecule has 0 radical (unpaired) electrons. The lowest BCUT2D eigenvalue weighted by molar-refractivity contribution is -0.127. The molecule has 6 nitrogen and oxygen atoms in total. The lowest BCUT2D eigenvalue weighted by atomic mass is 9.94. The normalized spacial score (nSPS) is 21.5. The average Bonchev–Trinajstić information content (AvgIpc) is 2.90. The van der Waals surface area contributed by atoms with Gasteiger partial charge in [0.25, 0.3) is 0 Å². The highest BCUT2D eigenvalue weighted by atomic mass is 16.5. The Morgan fingerprint density at radius 3 is 3.09 bits per heavy atom. The molecule has 2 aromatic rings. The van der Waals surface area contributed by atoms with Crippen molar-refractivity contribution in [2.75, 3.05) is 25.6 Å². The second-order valence-corrected chi connectivity index (χ2v) is 5.88. The van der Waals surface area contributed by atoms with Crippen molar-refractivity contribution in [3.63, 3.8) is 0 Å². The monoisotopic (exact) mass is 317 g/mol. The number of benzene rings is 1. The molecule has 2 atom stereocenters. The standard InChI is InChI=1S/C17H23N3O3/c1-12-13(6-5-10-23-12)16(21)19-17-18-14-7-3-4-8-15(14)20(17)9-11-22-2/h3-4,7-8,12-13H,5-6,9-11H2,1-2H3,(H,18,19,21)/t12-,13-/m0/s1. The Kier molecular flexibility index (Phi) is 4.93.